The molecule has 2 aromatic rings. The summed E-state index contributed by atoms with van der Waals surface area (Å²) in [6.45, 7) is 2.77. The van der Waals surface area contributed by atoms with Crippen molar-refractivity contribution in [3.8, 4) is 0 Å². The van der Waals surface area contributed by atoms with Crippen LogP contribution in [0.5, 0.6) is 0 Å². The predicted octanol–water partition coefficient (Wildman–Crippen LogP) is -1.30. The van der Waals surface area contributed by atoms with Crippen molar-refractivity contribution in [2.75, 3.05) is 0 Å². The number of nitrogens with zero attached hydrogens (tertiary/aromatic N) is 7. The van der Waals surface area contributed by atoms with Crippen molar-refractivity contribution in [1.82, 2.24) is 40.3 Å². The lowest BCUT2D eigenvalue weighted by atomic mass is 10.1. The number of tetrazole rings is 1. The number of aryl methyl sites for hydroxylation is 2. The Hall–Kier alpha value is -2.32. The molecular weight excluding hydrogens is 248 g/mol. The second-order valence-corrected chi connectivity index (χ2v) is 4.58. The van der Waals surface area contributed by atoms with E-state index in [4.69, 9.17) is 0 Å². The number of amides is 1. The maximum absolute atomic E-state index is 11.8. The van der Waals surface area contributed by atoms with Gasteiger partial charge in [-0.1, -0.05) is 0 Å². The number of hydrogen-bond donors (Lipinski definition) is 1. The van der Waals surface area contributed by atoms with E-state index in [1.807, 2.05) is 11.5 Å². The van der Waals surface area contributed by atoms with E-state index >= 15 is 0 Å². The Labute approximate surface area is 109 Å². The third-order valence-electron chi connectivity index (χ3n) is 3.19. The Morgan fingerprint density at radius 1 is 1.53 bits per heavy atom. The first-order valence-electron chi connectivity index (χ1n) is 6.11. The molecule has 0 saturated heterocycles. The first kappa shape index (κ1) is 11.8. The number of nitrogens with one attached hydrogen (secondary N) is 1. The van der Waals surface area contributed by atoms with Crippen LogP contribution in [0, 0.1) is 6.92 Å². The van der Waals surface area contributed by atoms with Gasteiger partial charge >= 0.3 is 0 Å². The minimum absolute atomic E-state index is 0.0912. The van der Waals surface area contributed by atoms with Crippen LogP contribution in [0.1, 0.15) is 18.1 Å². The summed E-state index contributed by atoms with van der Waals surface area (Å²) in [6, 6.07) is 0.103. The van der Waals surface area contributed by atoms with Crippen LogP contribution < -0.4 is 5.32 Å². The van der Waals surface area contributed by atoms with Crippen molar-refractivity contribution in [3.05, 3.63) is 18.0 Å². The standard InChI is InChI=1S/C10H14N8O/c1-7-13-14-9-3-2-8(4-18(7)9)12-10(19)5-17-6-11-15-16-17/h6,8H,2-5H2,1H3,(H,12,19)/t8-/m1/s1. The van der Waals surface area contributed by atoms with Gasteiger partial charge in [0.1, 0.15) is 24.5 Å². The molecule has 0 unspecified atom stereocenters. The summed E-state index contributed by atoms with van der Waals surface area (Å²) in [7, 11) is 0. The quantitative estimate of drug-likeness (QED) is 0.737. The first-order chi connectivity index (χ1) is 9.22. The fourth-order valence-electron chi connectivity index (χ4n) is 2.25. The zero-order chi connectivity index (χ0) is 13.2. The van der Waals surface area contributed by atoms with E-state index in [2.05, 4.69) is 31.0 Å². The lowest BCUT2D eigenvalue weighted by Gasteiger charge is -2.24. The Bertz CT molecular complexity index is 574. The highest BCUT2D eigenvalue weighted by molar-refractivity contribution is 5.75. The van der Waals surface area contributed by atoms with Crippen LogP contribution in [0.15, 0.2) is 6.33 Å². The second kappa shape index (κ2) is 4.75. The van der Waals surface area contributed by atoms with E-state index in [0.29, 0.717) is 0 Å². The SMILES string of the molecule is Cc1nnc2n1C[C@H](NC(=O)Cn1cnnn1)CC2. The summed E-state index contributed by atoms with van der Waals surface area (Å²) in [5.74, 6) is 1.78. The van der Waals surface area contributed by atoms with E-state index in [-0.39, 0.29) is 18.5 Å². The van der Waals surface area contributed by atoms with Gasteiger partial charge < -0.3 is 9.88 Å². The van der Waals surface area contributed by atoms with Crippen LogP contribution in [-0.4, -0.2) is 46.9 Å². The molecule has 0 fully saturated rings. The molecule has 1 atom stereocenters. The Kier molecular flexibility index (Phi) is 2.94. The molecule has 1 aliphatic heterocycles. The van der Waals surface area contributed by atoms with Gasteiger partial charge in [-0.05, 0) is 23.8 Å². The largest absolute Gasteiger partial charge is 0.350 e. The average molecular weight is 262 g/mol. The minimum atomic E-state index is -0.0912. The van der Waals surface area contributed by atoms with Crippen LogP contribution in [-0.2, 0) is 24.3 Å². The highest BCUT2D eigenvalue weighted by atomic mass is 16.2. The number of fused-ring (bicyclic) bond motifs is 1. The van der Waals surface area contributed by atoms with Crippen LogP contribution in [0.3, 0.4) is 0 Å². The smallest absolute Gasteiger partial charge is 0.242 e. The first-order valence-corrected chi connectivity index (χ1v) is 6.11. The van der Waals surface area contributed by atoms with E-state index in [0.717, 1.165) is 31.0 Å². The normalized spacial score (nSPS) is 18.1. The third-order valence-corrected chi connectivity index (χ3v) is 3.19. The molecule has 3 rings (SSSR count). The minimum Gasteiger partial charge on any atom is -0.350 e. The molecule has 1 aliphatic rings. The average Bonchev–Trinajstić information content (AvgIpc) is 3.00. The fraction of sp³-hybridized carbons (Fsp3) is 0.600. The highest BCUT2D eigenvalue weighted by Gasteiger charge is 2.22. The van der Waals surface area contributed by atoms with Gasteiger partial charge in [-0.2, -0.15) is 0 Å². The molecule has 0 aliphatic carbocycles. The third kappa shape index (κ3) is 2.44. The maximum Gasteiger partial charge on any atom is 0.242 e. The van der Waals surface area contributed by atoms with Crippen LogP contribution >= 0.6 is 0 Å². The van der Waals surface area contributed by atoms with Gasteiger partial charge in [-0.3, -0.25) is 4.79 Å². The number of carbonyl (C=O) groups is 1. The Balaban J connectivity index is 1.60. The molecular formula is C10H14N8O. The molecule has 100 valence electrons. The summed E-state index contributed by atoms with van der Waals surface area (Å²) in [5.41, 5.74) is 0. The number of aromatic nitrogens is 7. The molecule has 9 nitrogen and oxygen atoms in total. The molecule has 0 aromatic carbocycles. The maximum atomic E-state index is 11.8. The van der Waals surface area contributed by atoms with Gasteiger partial charge in [0, 0.05) is 19.0 Å². The Morgan fingerprint density at radius 3 is 3.21 bits per heavy atom. The summed E-state index contributed by atoms with van der Waals surface area (Å²) in [6.07, 6.45) is 3.12. The summed E-state index contributed by atoms with van der Waals surface area (Å²) in [4.78, 5) is 11.8. The molecule has 0 radical (unpaired) electrons. The highest BCUT2D eigenvalue weighted by Crippen LogP contribution is 2.14. The topological polar surface area (TPSA) is 103 Å². The molecule has 3 heterocycles. The number of rotatable bonds is 3. The molecule has 19 heavy (non-hydrogen) atoms. The Morgan fingerprint density at radius 2 is 2.42 bits per heavy atom. The van der Waals surface area contributed by atoms with Gasteiger partial charge in [-0.15, -0.1) is 15.3 Å². The summed E-state index contributed by atoms with van der Waals surface area (Å²) in [5, 5.41) is 21.8. The zero-order valence-corrected chi connectivity index (χ0v) is 10.5. The van der Waals surface area contributed by atoms with Gasteiger partial charge in [0.15, 0.2) is 0 Å². The molecule has 0 bridgehead atoms. The van der Waals surface area contributed by atoms with Crippen LogP contribution in [0.4, 0.5) is 0 Å². The monoisotopic (exact) mass is 262 g/mol. The number of carbonyl (C=O) groups excluding carboxylic acids is 1. The van der Waals surface area contributed by atoms with Crippen molar-refractivity contribution in [2.24, 2.45) is 0 Å². The lowest BCUT2D eigenvalue weighted by molar-refractivity contribution is -0.122. The van der Waals surface area contributed by atoms with Crippen molar-refractivity contribution >= 4 is 5.91 Å². The van der Waals surface area contributed by atoms with E-state index in [1.54, 1.807) is 0 Å². The van der Waals surface area contributed by atoms with Gasteiger partial charge in [-0.25, -0.2) is 4.68 Å². The molecule has 2 aromatic heterocycles. The van der Waals surface area contributed by atoms with Crippen molar-refractivity contribution in [1.29, 1.82) is 0 Å². The van der Waals surface area contributed by atoms with E-state index < -0.39 is 0 Å². The lowest BCUT2D eigenvalue weighted by Crippen LogP contribution is -2.42. The summed E-state index contributed by atoms with van der Waals surface area (Å²) >= 11 is 0. The molecule has 9 heteroatoms. The van der Waals surface area contributed by atoms with Crippen molar-refractivity contribution in [3.63, 3.8) is 0 Å². The van der Waals surface area contributed by atoms with Gasteiger partial charge in [0.05, 0.1) is 0 Å². The van der Waals surface area contributed by atoms with E-state index in [9.17, 15) is 4.79 Å². The zero-order valence-electron chi connectivity index (χ0n) is 10.5. The van der Waals surface area contributed by atoms with Gasteiger partial charge in [0.25, 0.3) is 0 Å². The summed E-state index contributed by atoms with van der Waals surface area (Å²) < 4.78 is 3.44. The van der Waals surface area contributed by atoms with Crippen molar-refractivity contribution < 1.29 is 4.79 Å². The van der Waals surface area contributed by atoms with E-state index in [1.165, 1.54) is 11.0 Å². The number of hydrogen-bond acceptors (Lipinski definition) is 6. The van der Waals surface area contributed by atoms with Gasteiger partial charge in [0.2, 0.25) is 5.91 Å². The van der Waals surface area contributed by atoms with Crippen LogP contribution in [0.2, 0.25) is 0 Å². The second-order valence-electron chi connectivity index (χ2n) is 4.58. The fourth-order valence-corrected chi connectivity index (χ4v) is 2.25. The molecule has 0 spiro atoms. The molecule has 0 saturated carbocycles. The van der Waals surface area contributed by atoms with Crippen LogP contribution in [0.25, 0.3) is 0 Å². The van der Waals surface area contributed by atoms with Crippen molar-refractivity contribution in [2.45, 2.75) is 38.9 Å². The molecule has 1 N–H and O–H groups in total. The molecule has 1 amide bonds. The predicted molar refractivity (Wildman–Crippen MR) is 62.8 cm³/mol.